The van der Waals surface area contributed by atoms with Gasteiger partial charge >= 0.3 is 0 Å². The minimum atomic E-state index is 1.33. The Labute approximate surface area is 279 Å². The first-order chi connectivity index (χ1) is 21.2. The average Bonchev–Trinajstić information content (AvgIpc) is 3.00. The summed E-state index contributed by atoms with van der Waals surface area (Å²) in [5.74, 6) is 0. The third-order valence-corrected chi connectivity index (χ3v) is 9.66. The Balaban J connectivity index is 0. The molecule has 0 bridgehead atoms. The van der Waals surface area contributed by atoms with Crippen LogP contribution in [0.2, 0.25) is 0 Å². The molecule has 0 aromatic carbocycles. The maximum absolute atomic E-state index is 7.13. The van der Waals surface area contributed by atoms with E-state index >= 15 is 0 Å². The van der Waals surface area contributed by atoms with Crippen molar-refractivity contribution >= 4 is 17.4 Å². The van der Waals surface area contributed by atoms with Crippen LogP contribution >= 0.6 is 12.2 Å². The second-order valence-corrected chi connectivity index (χ2v) is 14.1. The van der Waals surface area contributed by atoms with Crippen molar-refractivity contribution in [2.45, 2.75) is 227 Å². The van der Waals surface area contributed by atoms with Gasteiger partial charge in [-0.1, -0.05) is 194 Å². The van der Waals surface area contributed by atoms with Gasteiger partial charge in [0.15, 0.2) is 0 Å². The molecule has 0 saturated heterocycles. The summed E-state index contributed by atoms with van der Waals surface area (Å²) in [7, 11) is 0. The van der Waals surface area contributed by atoms with Crippen LogP contribution in [0.3, 0.4) is 0 Å². The first-order valence-electron chi connectivity index (χ1n) is 20.0. The molecule has 0 N–H and O–H groups in total. The average molecular weight is 623 g/mol. The van der Waals surface area contributed by atoms with Gasteiger partial charge in [0.05, 0.1) is 26.2 Å². The highest BCUT2D eigenvalue weighted by atomic mass is 32.1. The maximum Gasteiger partial charge on any atom is 0.0786 e. The highest BCUT2D eigenvalue weighted by Crippen LogP contribution is 2.20. The van der Waals surface area contributed by atoms with E-state index in [0.717, 1.165) is 0 Å². The molecule has 0 atom stereocenters. The molecule has 3 heteroatoms. The molecular formula is C40H82N2S. The normalized spacial score (nSPS) is 11.3. The van der Waals surface area contributed by atoms with Crippen molar-refractivity contribution in [1.29, 1.82) is 0 Å². The van der Waals surface area contributed by atoms with Crippen LogP contribution in [0, 0.1) is 0 Å². The standard InChI is InChI=1S/C39H82N.CNS/c1-5-9-12-15-18-21-24-27-30-33-37-40(36-8-4,38-34-31-28-25-22-19-16-13-10-6-2)39-35-32-29-26-23-20-17-14-11-7-3;2-1-3/h5-39H2,1-4H3;/q+1;-1. The summed E-state index contributed by atoms with van der Waals surface area (Å²) >= 11 is 3.70. The van der Waals surface area contributed by atoms with Gasteiger partial charge in [-0.2, -0.15) is 5.16 Å². The lowest BCUT2D eigenvalue weighted by molar-refractivity contribution is -0.929. The van der Waals surface area contributed by atoms with Crippen LogP contribution in [0.5, 0.6) is 0 Å². The van der Waals surface area contributed by atoms with Gasteiger partial charge in [-0.15, -0.1) is 0 Å². The van der Waals surface area contributed by atoms with Gasteiger partial charge in [0, 0.05) is 0 Å². The number of hydrogen-bond donors (Lipinski definition) is 0. The Kier molecular flexibility index (Phi) is 41.5. The quantitative estimate of drug-likeness (QED) is 0.0298. The first-order valence-corrected chi connectivity index (χ1v) is 20.4. The molecule has 43 heavy (non-hydrogen) atoms. The van der Waals surface area contributed by atoms with Crippen molar-refractivity contribution < 1.29 is 4.48 Å². The van der Waals surface area contributed by atoms with Crippen molar-refractivity contribution in [2.75, 3.05) is 26.2 Å². The fourth-order valence-electron chi connectivity index (χ4n) is 6.95. The third kappa shape index (κ3) is 36.1. The number of rotatable bonds is 35. The van der Waals surface area contributed by atoms with Crippen molar-refractivity contribution in [3.05, 3.63) is 5.41 Å². The van der Waals surface area contributed by atoms with Crippen molar-refractivity contribution in [3.8, 4) is 0 Å². The van der Waals surface area contributed by atoms with Crippen LogP contribution in [0.4, 0.5) is 0 Å². The molecule has 0 amide bonds. The molecule has 0 aliphatic carbocycles. The summed E-state index contributed by atoms with van der Waals surface area (Å²) in [6.07, 6.45) is 45.3. The van der Waals surface area contributed by atoms with E-state index in [0.29, 0.717) is 0 Å². The lowest BCUT2D eigenvalue weighted by Crippen LogP contribution is -2.50. The molecule has 0 heterocycles. The van der Waals surface area contributed by atoms with E-state index in [4.69, 9.17) is 5.41 Å². The van der Waals surface area contributed by atoms with Gasteiger partial charge in [0.25, 0.3) is 0 Å². The Bertz CT molecular complexity index is 469. The molecule has 0 radical (unpaired) electrons. The molecule has 258 valence electrons. The molecule has 0 unspecified atom stereocenters. The Hall–Kier alpha value is -0.240. The lowest BCUT2D eigenvalue weighted by Gasteiger charge is -2.39. The molecule has 0 rings (SSSR count). The van der Waals surface area contributed by atoms with E-state index in [-0.39, 0.29) is 0 Å². The molecule has 0 aliphatic heterocycles. The Morgan fingerprint density at radius 2 is 0.512 bits per heavy atom. The van der Waals surface area contributed by atoms with Crippen LogP contribution in [-0.4, -0.2) is 35.8 Å². The van der Waals surface area contributed by atoms with Gasteiger partial charge in [-0.05, 0) is 44.9 Å². The van der Waals surface area contributed by atoms with Gasteiger partial charge in [0.1, 0.15) is 0 Å². The van der Waals surface area contributed by atoms with Crippen LogP contribution in [-0.2, 0) is 0 Å². The number of thiocarbonyl (C=S) groups is 1. The zero-order valence-electron chi connectivity index (χ0n) is 30.6. The zero-order valence-corrected chi connectivity index (χ0v) is 31.4. The van der Waals surface area contributed by atoms with Crippen LogP contribution < -0.4 is 0 Å². The maximum atomic E-state index is 7.13. The topological polar surface area (TPSA) is 22.3 Å². The van der Waals surface area contributed by atoms with Crippen LogP contribution in [0.15, 0.2) is 0 Å². The van der Waals surface area contributed by atoms with E-state index in [1.54, 1.807) is 0 Å². The number of quaternary nitrogens is 1. The summed E-state index contributed by atoms with van der Waals surface area (Å²) in [5, 5.41) is 8.47. The molecule has 0 aromatic rings. The third-order valence-electron chi connectivity index (χ3n) is 9.66. The summed E-state index contributed by atoms with van der Waals surface area (Å²) in [4.78, 5) is 0. The van der Waals surface area contributed by atoms with E-state index in [1.165, 1.54) is 235 Å². The van der Waals surface area contributed by atoms with E-state index in [9.17, 15) is 0 Å². The van der Waals surface area contributed by atoms with Gasteiger partial charge in [-0.3, -0.25) is 0 Å². The van der Waals surface area contributed by atoms with Crippen molar-refractivity contribution in [1.82, 2.24) is 0 Å². The molecule has 0 fully saturated rings. The smallest absolute Gasteiger partial charge is 0.0786 e. The minimum Gasteiger partial charge on any atom is -0.753 e. The lowest BCUT2D eigenvalue weighted by atomic mass is 10.0. The van der Waals surface area contributed by atoms with Crippen molar-refractivity contribution in [3.63, 3.8) is 0 Å². The monoisotopic (exact) mass is 623 g/mol. The molecular weight excluding hydrogens is 541 g/mol. The summed E-state index contributed by atoms with van der Waals surface area (Å²) < 4.78 is 1.46. The molecule has 0 aliphatic rings. The van der Waals surface area contributed by atoms with E-state index in [2.05, 4.69) is 39.9 Å². The number of isothiocyanates is 1. The van der Waals surface area contributed by atoms with Crippen LogP contribution in [0.1, 0.15) is 227 Å². The molecule has 0 spiro atoms. The predicted octanol–water partition coefficient (Wildman–Crippen LogP) is 14.6. The summed E-state index contributed by atoms with van der Waals surface area (Å²) in [6, 6.07) is 0. The number of hydrogen-bond acceptors (Lipinski definition) is 1. The second-order valence-electron chi connectivity index (χ2n) is 13.9. The fraction of sp³-hybridized carbons (Fsp3) is 0.975. The second kappa shape index (κ2) is 39.8. The summed E-state index contributed by atoms with van der Waals surface area (Å²) in [6.45, 7) is 15.3. The van der Waals surface area contributed by atoms with Gasteiger partial charge in [0.2, 0.25) is 0 Å². The van der Waals surface area contributed by atoms with Gasteiger partial charge < -0.3 is 9.89 Å². The fourth-order valence-corrected chi connectivity index (χ4v) is 6.95. The molecule has 2 nitrogen and oxygen atoms in total. The zero-order chi connectivity index (χ0) is 32.0. The van der Waals surface area contributed by atoms with Crippen LogP contribution in [0.25, 0.3) is 5.41 Å². The number of nitrogens with zero attached hydrogens (tertiary/aromatic N) is 2. The Morgan fingerprint density at radius 1 is 0.326 bits per heavy atom. The van der Waals surface area contributed by atoms with Crippen molar-refractivity contribution in [2.24, 2.45) is 0 Å². The highest BCUT2D eigenvalue weighted by Gasteiger charge is 2.25. The SMILES string of the molecule is CCCCCCCCCCCC[N+](CCC)(CCCCCCCCCCCC)CCCCCCCCCCCC.[N-]=C=S. The highest BCUT2D eigenvalue weighted by molar-refractivity contribution is 7.78. The Morgan fingerprint density at radius 3 is 0.698 bits per heavy atom. The largest absolute Gasteiger partial charge is 0.753 e. The molecule has 0 saturated carbocycles. The van der Waals surface area contributed by atoms with E-state index in [1.807, 2.05) is 0 Å². The van der Waals surface area contributed by atoms with E-state index < -0.39 is 0 Å². The van der Waals surface area contributed by atoms with Gasteiger partial charge in [-0.25, -0.2) is 0 Å². The first kappa shape index (κ1) is 44.9. The summed E-state index contributed by atoms with van der Waals surface area (Å²) in [5.41, 5.74) is 0. The minimum absolute atomic E-state index is 1.33. The molecule has 0 aromatic heterocycles. The number of unbranched alkanes of at least 4 members (excludes halogenated alkanes) is 27. The predicted molar refractivity (Wildman–Crippen MR) is 202 cm³/mol.